The Morgan fingerprint density at radius 2 is 1.69 bits per heavy atom. The van der Waals surface area contributed by atoms with Crippen molar-refractivity contribution >= 4 is 44.8 Å². The third-order valence-corrected chi connectivity index (χ3v) is 7.98. The molecule has 6 nitrogen and oxygen atoms in total. The van der Waals surface area contributed by atoms with Gasteiger partial charge in [-0.15, -0.1) is 0 Å². The molecule has 0 spiro atoms. The summed E-state index contributed by atoms with van der Waals surface area (Å²) in [5, 5.41) is 3.17. The monoisotopic (exact) mass is 455 g/mol. The maximum atomic E-state index is 12.9. The second-order valence-electron chi connectivity index (χ2n) is 7.03. The van der Waals surface area contributed by atoms with Crippen LogP contribution in [-0.4, -0.2) is 56.3 Å². The highest BCUT2D eigenvalue weighted by molar-refractivity contribution is 7.89. The number of benzene rings is 2. The number of sulfonamides is 1. The van der Waals surface area contributed by atoms with Crippen molar-refractivity contribution in [1.29, 1.82) is 0 Å². The molecule has 0 atom stereocenters. The minimum Gasteiger partial charge on any atom is -0.325 e. The number of halogens is 2. The lowest BCUT2D eigenvalue weighted by Crippen LogP contribution is -2.50. The van der Waals surface area contributed by atoms with Crippen molar-refractivity contribution in [1.82, 2.24) is 9.21 Å². The largest absolute Gasteiger partial charge is 0.325 e. The van der Waals surface area contributed by atoms with Crippen molar-refractivity contribution in [3.8, 4) is 0 Å². The van der Waals surface area contributed by atoms with Crippen LogP contribution < -0.4 is 5.32 Å². The molecule has 0 aromatic heterocycles. The van der Waals surface area contributed by atoms with Gasteiger partial charge in [-0.2, -0.15) is 4.31 Å². The predicted octanol–water partition coefficient (Wildman–Crippen LogP) is 3.56. The average molecular weight is 456 g/mol. The molecule has 0 aliphatic carbocycles. The maximum Gasteiger partial charge on any atom is 0.244 e. The quantitative estimate of drug-likeness (QED) is 0.747. The highest BCUT2D eigenvalue weighted by Gasteiger charge is 2.31. The first-order chi connectivity index (χ1) is 13.7. The van der Waals surface area contributed by atoms with E-state index in [1.165, 1.54) is 10.4 Å². The molecule has 1 saturated heterocycles. The van der Waals surface area contributed by atoms with Gasteiger partial charge in [-0.3, -0.25) is 9.69 Å². The molecule has 0 unspecified atom stereocenters. The smallest absolute Gasteiger partial charge is 0.244 e. The number of anilines is 1. The van der Waals surface area contributed by atoms with E-state index in [2.05, 4.69) is 5.32 Å². The first kappa shape index (κ1) is 22.1. The molecule has 1 fully saturated rings. The predicted molar refractivity (Wildman–Crippen MR) is 116 cm³/mol. The van der Waals surface area contributed by atoms with Crippen molar-refractivity contribution in [2.75, 3.05) is 38.0 Å². The van der Waals surface area contributed by atoms with Crippen LogP contribution in [0.1, 0.15) is 11.1 Å². The van der Waals surface area contributed by atoms with E-state index in [1.54, 1.807) is 12.1 Å². The van der Waals surface area contributed by atoms with Gasteiger partial charge >= 0.3 is 0 Å². The van der Waals surface area contributed by atoms with Crippen LogP contribution in [0, 0.1) is 13.8 Å². The lowest BCUT2D eigenvalue weighted by molar-refractivity contribution is -0.117. The van der Waals surface area contributed by atoms with Crippen LogP contribution in [0.15, 0.2) is 41.3 Å². The number of amides is 1. The summed E-state index contributed by atoms with van der Waals surface area (Å²) >= 11 is 12.1. The van der Waals surface area contributed by atoms with Crippen LogP contribution in [0.3, 0.4) is 0 Å². The Morgan fingerprint density at radius 1 is 1.03 bits per heavy atom. The van der Waals surface area contributed by atoms with E-state index in [-0.39, 0.29) is 40.5 Å². The van der Waals surface area contributed by atoms with Gasteiger partial charge in [0.25, 0.3) is 0 Å². The Kier molecular flexibility index (Phi) is 6.86. The summed E-state index contributed by atoms with van der Waals surface area (Å²) in [4.78, 5) is 14.4. The van der Waals surface area contributed by atoms with E-state index in [0.717, 1.165) is 16.8 Å². The van der Waals surface area contributed by atoms with Crippen LogP contribution in [0.5, 0.6) is 0 Å². The number of carbonyl (C=O) groups is 1. The molecule has 0 radical (unpaired) electrons. The van der Waals surface area contributed by atoms with E-state index in [9.17, 15) is 13.2 Å². The molecule has 0 saturated carbocycles. The summed E-state index contributed by atoms with van der Waals surface area (Å²) in [6.45, 7) is 5.64. The third kappa shape index (κ3) is 4.92. The van der Waals surface area contributed by atoms with Crippen molar-refractivity contribution < 1.29 is 13.2 Å². The number of aryl methyl sites for hydroxylation is 1. The zero-order valence-corrected chi connectivity index (χ0v) is 18.6. The van der Waals surface area contributed by atoms with Crippen LogP contribution in [0.25, 0.3) is 0 Å². The van der Waals surface area contributed by atoms with E-state index in [1.807, 2.05) is 36.9 Å². The van der Waals surface area contributed by atoms with Gasteiger partial charge in [0, 0.05) is 31.9 Å². The van der Waals surface area contributed by atoms with Crippen LogP contribution in [0.4, 0.5) is 5.69 Å². The molecule has 156 valence electrons. The maximum absolute atomic E-state index is 12.9. The van der Waals surface area contributed by atoms with Gasteiger partial charge in [0.2, 0.25) is 15.9 Å². The normalized spacial score (nSPS) is 16.0. The minimum atomic E-state index is -3.74. The zero-order chi connectivity index (χ0) is 21.2. The molecule has 1 aliphatic rings. The minimum absolute atomic E-state index is 0.00721. The topological polar surface area (TPSA) is 69.7 Å². The van der Waals surface area contributed by atoms with E-state index >= 15 is 0 Å². The first-order valence-electron chi connectivity index (χ1n) is 9.22. The van der Waals surface area contributed by atoms with Gasteiger partial charge < -0.3 is 5.32 Å². The Hall–Kier alpha value is -1.64. The molecular formula is C20H23Cl2N3O3S. The number of hydrogen-bond donors (Lipinski definition) is 1. The molecule has 0 bridgehead atoms. The SMILES string of the molecule is Cc1cccc(NC(=O)CN2CCN(S(=O)(=O)c3cccc(Cl)c3Cl)CC2)c1C. The number of nitrogens with zero attached hydrogens (tertiary/aromatic N) is 2. The molecule has 29 heavy (non-hydrogen) atoms. The van der Waals surface area contributed by atoms with Crippen molar-refractivity contribution in [3.05, 3.63) is 57.6 Å². The van der Waals surface area contributed by atoms with Crippen LogP contribution in [0.2, 0.25) is 10.0 Å². The second-order valence-corrected chi connectivity index (χ2v) is 9.72. The lowest BCUT2D eigenvalue weighted by Gasteiger charge is -2.33. The Morgan fingerprint density at radius 3 is 2.38 bits per heavy atom. The molecule has 1 N–H and O–H groups in total. The van der Waals surface area contributed by atoms with Crippen molar-refractivity contribution in [3.63, 3.8) is 0 Å². The Balaban J connectivity index is 1.59. The lowest BCUT2D eigenvalue weighted by atomic mass is 10.1. The Bertz CT molecular complexity index is 1020. The number of nitrogens with one attached hydrogen (secondary N) is 1. The van der Waals surface area contributed by atoms with Gasteiger partial charge in [-0.25, -0.2) is 8.42 Å². The summed E-state index contributed by atoms with van der Waals surface area (Å²) in [6.07, 6.45) is 0. The molecular weight excluding hydrogens is 433 g/mol. The Labute approximate surface area is 181 Å². The molecule has 1 amide bonds. The standard InChI is InChI=1S/C20H23Cl2N3O3S/c1-14-5-3-7-17(15(14)2)23-19(26)13-24-9-11-25(12-10-24)29(27,28)18-8-4-6-16(21)20(18)22/h3-8H,9-13H2,1-2H3,(H,23,26). The fourth-order valence-corrected chi connectivity index (χ4v) is 5.39. The van der Waals surface area contributed by atoms with E-state index in [0.29, 0.717) is 13.1 Å². The number of piperazine rings is 1. The average Bonchev–Trinajstić information content (AvgIpc) is 2.68. The summed E-state index contributed by atoms with van der Waals surface area (Å²) in [6, 6.07) is 10.3. The number of hydrogen-bond acceptors (Lipinski definition) is 4. The van der Waals surface area contributed by atoms with Gasteiger partial charge in [0.15, 0.2) is 0 Å². The fraction of sp³-hybridized carbons (Fsp3) is 0.350. The van der Waals surface area contributed by atoms with Gasteiger partial charge in [0.05, 0.1) is 16.6 Å². The zero-order valence-electron chi connectivity index (χ0n) is 16.3. The molecule has 1 aliphatic heterocycles. The van der Waals surface area contributed by atoms with Crippen LogP contribution in [-0.2, 0) is 14.8 Å². The summed E-state index contributed by atoms with van der Waals surface area (Å²) < 4.78 is 27.1. The van der Waals surface area contributed by atoms with Gasteiger partial charge in [-0.1, -0.05) is 41.4 Å². The highest BCUT2D eigenvalue weighted by atomic mass is 35.5. The van der Waals surface area contributed by atoms with Gasteiger partial charge in [-0.05, 0) is 43.2 Å². The molecule has 2 aromatic rings. The summed E-state index contributed by atoms with van der Waals surface area (Å²) in [5.74, 6) is -0.118. The number of carbonyl (C=O) groups excluding carboxylic acids is 1. The fourth-order valence-electron chi connectivity index (χ4n) is 3.23. The van der Waals surface area contributed by atoms with Crippen molar-refractivity contribution in [2.24, 2.45) is 0 Å². The third-order valence-electron chi connectivity index (χ3n) is 5.11. The number of rotatable bonds is 5. The summed E-state index contributed by atoms with van der Waals surface area (Å²) in [7, 11) is -3.74. The van der Waals surface area contributed by atoms with Crippen molar-refractivity contribution in [2.45, 2.75) is 18.7 Å². The second kappa shape index (κ2) is 9.02. The van der Waals surface area contributed by atoms with Gasteiger partial charge in [0.1, 0.15) is 4.90 Å². The molecule has 2 aromatic carbocycles. The first-order valence-corrected chi connectivity index (χ1v) is 11.4. The van der Waals surface area contributed by atoms with E-state index in [4.69, 9.17) is 23.2 Å². The van der Waals surface area contributed by atoms with E-state index < -0.39 is 10.0 Å². The molecule has 1 heterocycles. The summed E-state index contributed by atoms with van der Waals surface area (Å²) in [5.41, 5.74) is 2.95. The molecule has 3 rings (SSSR count). The highest BCUT2D eigenvalue weighted by Crippen LogP contribution is 2.31. The van der Waals surface area contributed by atoms with Crippen LogP contribution >= 0.6 is 23.2 Å². The molecule has 9 heteroatoms.